The number of nitrogens with zero attached hydrogens (tertiary/aromatic N) is 6. The third kappa shape index (κ3) is 14.3. The fraction of sp³-hybridized carbons (Fsp3) is 0. The molecule has 0 aliphatic heterocycles. The van der Waals surface area contributed by atoms with Crippen LogP contribution >= 0.6 is 22.7 Å². The van der Waals surface area contributed by atoms with E-state index in [1.807, 2.05) is 95.5 Å². The summed E-state index contributed by atoms with van der Waals surface area (Å²) in [6, 6.07) is 183. The number of rotatable bonds is 12. The molecule has 0 aliphatic carbocycles. The van der Waals surface area contributed by atoms with Gasteiger partial charge in [0, 0.05) is 118 Å². The Morgan fingerprint density at radius 1 is 0.181 bits per heavy atom. The van der Waals surface area contributed by atoms with Gasteiger partial charge in [-0.2, -0.15) is 0 Å². The van der Waals surface area contributed by atoms with Gasteiger partial charge >= 0.3 is 0 Å². The van der Waals surface area contributed by atoms with Crippen molar-refractivity contribution in [3.8, 4) is 90.0 Å². The molecular weight excluding hydrogens is 1790 g/mol. The van der Waals surface area contributed by atoms with Gasteiger partial charge in [-0.05, 0) is 273 Å². The SMILES string of the molecule is c1ccc(-c2nc(-c3ccccc3)nc(-c3cccc(-n4c5ccccc5c5cc(-c6c(-c7ccccc7)c7cc8sc9ccccc9c8cc7c7ccccc67)ccc54)c3)n2)cc1.c1ccc(-n2c3ccccc3c3cc(-c4cc5cc6sc7ccccc7c6cc5c5ccccc45)ccc32)cc1.c1ccc(N(c2ccccc2)c2ccc(-c3cc4cc5oc6ccccc6c5cc4c4ccccc34)cc2)cc1. The number of fused-ring (bicyclic) bond motifs is 24. The van der Waals surface area contributed by atoms with E-state index in [2.05, 4.69) is 451 Å². The molecule has 0 atom stereocenters. The van der Waals surface area contributed by atoms with Crippen LogP contribution in [0.5, 0.6) is 0 Å². The zero-order valence-electron chi connectivity index (χ0n) is 77.9. The molecule has 0 spiro atoms. The fourth-order valence-corrected chi connectivity index (χ4v) is 24.5. The van der Waals surface area contributed by atoms with Gasteiger partial charge < -0.3 is 18.5 Å². The first kappa shape index (κ1) is 83.6. The van der Waals surface area contributed by atoms with Crippen LogP contribution in [0.3, 0.4) is 0 Å². The molecule has 6 aromatic heterocycles. The number of furan rings is 1. The summed E-state index contributed by atoms with van der Waals surface area (Å²) in [6.45, 7) is 0. The third-order valence-electron chi connectivity index (χ3n) is 28.8. The van der Waals surface area contributed by atoms with Crippen molar-refractivity contribution >= 4 is 210 Å². The van der Waals surface area contributed by atoms with Crippen molar-refractivity contribution in [2.75, 3.05) is 4.90 Å². The van der Waals surface area contributed by atoms with Gasteiger partial charge in [-0.1, -0.05) is 346 Å². The molecule has 9 heteroatoms. The highest BCUT2D eigenvalue weighted by molar-refractivity contribution is 7.26. The molecule has 0 amide bonds. The van der Waals surface area contributed by atoms with Crippen molar-refractivity contribution < 1.29 is 4.42 Å². The molecule has 30 rings (SSSR count). The minimum atomic E-state index is 0.627. The van der Waals surface area contributed by atoms with Gasteiger partial charge in [0.15, 0.2) is 17.5 Å². The zero-order valence-corrected chi connectivity index (χ0v) is 79.5. The second-order valence-electron chi connectivity index (χ2n) is 37.1. The minimum absolute atomic E-state index is 0.627. The highest BCUT2D eigenvalue weighted by Gasteiger charge is 2.26. The molecule has 7 nitrogen and oxygen atoms in total. The number of hydrogen-bond donors (Lipinski definition) is 0. The monoisotopic (exact) mass is 1870 g/mol. The first-order valence-corrected chi connectivity index (χ1v) is 50.5. The summed E-state index contributed by atoms with van der Waals surface area (Å²) in [6.07, 6.45) is 0. The summed E-state index contributed by atoms with van der Waals surface area (Å²) in [5.41, 5.74) is 24.8. The topological polar surface area (TPSA) is 64.9 Å². The predicted octanol–water partition coefficient (Wildman–Crippen LogP) is 38.1. The van der Waals surface area contributed by atoms with Crippen molar-refractivity contribution in [1.82, 2.24) is 24.1 Å². The summed E-state index contributed by atoms with van der Waals surface area (Å²) < 4.78 is 16.3. The van der Waals surface area contributed by atoms with E-state index in [4.69, 9.17) is 19.4 Å². The molecule has 0 N–H and O–H groups in total. The van der Waals surface area contributed by atoms with Crippen molar-refractivity contribution in [3.05, 3.63) is 510 Å². The number of anilines is 3. The van der Waals surface area contributed by atoms with Crippen LogP contribution in [0.1, 0.15) is 0 Å². The van der Waals surface area contributed by atoms with E-state index in [-0.39, 0.29) is 0 Å². The van der Waals surface area contributed by atoms with Gasteiger partial charge in [0.1, 0.15) is 11.2 Å². The minimum Gasteiger partial charge on any atom is -0.456 e. The molecule has 0 saturated heterocycles. The number of thiophene rings is 2. The number of para-hydroxylation sites is 6. The maximum atomic E-state index is 6.24. The van der Waals surface area contributed by atoms with Crippen molar-refractivity contribution in [1.29, 1.82) is 0 Å². The van der Waals surface area contributed by atoms with E-state index < -0.39 is 0 Å². The quantitative estimate of drug-likeness (QED) is 0.114. The molecule has 0 unspecified atom stereocenters. The van der Waals surface area contributed by atoms with E-state index in [1.165, 1.54) is 188 Å². The first-order chi connectivity index (χ1) is 71.4. The van der Waals surface area contributed by atoms with E-state index >= 15 is 0 Å². The maximum absolute atomic E-state index is 6.24. The molecule has 24 aromatic carbocycles. The molecule has 0 fully saturated rings. The van der Waals surface area contributed by atoms with Crippen LogP contribution in [0.25, 0.3) is 261 Å². The number of aromatic nitrogens is 5. The standard InChI is InChI=1S/C59H36N4S.C38H25NO.C38H23NS/c1-4-17-37(18-5-1)55-50-36-54-49(45-27-13-15-30-53(45)64-54)35-47(50)43-25-10-11-28-46(43)56(55)40-31-32-52-48(34-40)44-26-12-14-29-51(44)63(52)42-24-16-23-41(33-42)59-61-57(38-19-6-2-7-20-38)60-58(62-59)39-21-8-3-9-22-39;1-3-11-28(12-4-1)39(29-13-5-2-6-14-29)30-21-19-26(20-22-30)34-23-27-24-38-36(33-17-9-10-18-37(33)40-38)25-35(27)32-16-8-7-15-31(32)34;1-2-10-26(11-3-1)39-35-16-8-6-14-29(35)33-20-24(18-19-36(33)39)31-21-25-22-38-34(30-15-7-9-17-37(30)40-38)23-32(25)28-13-5-4-12-27(28)31/h1-36H;1-25H;1-23H. The zero-order chi connectivity index (χ0) is 94.8. The summed E-state index contributed by atoms with van der Waals surface area (Å²) >= 11 is 3.76. The fourth-order valence-electron chi connectivity index (χ4n) is 22.3. The Kier molecular flexibility index (Phi) is 20.2. The Morgan fingerprint density at radius 3 is 1.14 bits per heavy atom. The Bertz CT molecular complexity index is 10300. The molecule has 0 radical (unpaired) electrons. The molecule has 30 aromatic rings. The molecular formula is C135H84N6OS2. The lowest BCUT2D eigenvalue weighted by Gasteiger charge is -2.25. The van der Waals surface area contributed by atoms with Crippen LogP contribution in [-0.4, -0.2) is 24.1 Å². The summed E-state index contributed by atoms with van der Waals surface area (Å²) in [7, 11) is 0. The van der Waals surface area contributed by atoms with Gasteiger partial charge in [0.05, 0.1) is 22.1 Å². The Morgan fingerprint density at radius 2 is 0.562 bits per heavy atom. The highest BCUT2D eigenvalue weighted by Crippen LogP contribution is 2.52. The third-order valence-corrected chi connectivity index (χ3v) is 31.1. The van der Waals surface area contributed by atoms with Crippen LogP contribution < -0.4 is 4.90 Å². The lowest BCUT2D eigenvalue weighted by molar-refractivity contribution is 0.669. The maximum Gasteiger partial charge on any atom is 0.164 e. The second-order valence-corrected chi connectivity index (χ2v) is 39.2. The van der Waals surface area contributed by atoms with Gasteiger partial charge in [0.2, 0.25) is 0 Å². The van der Waals surface area contributed by atoms with Gasteiger partial charge in [-0.15, -0.1) is 22.7 Å². The van der Waals surface area contributed by atoms with E-state index in [1.54, 1.807) is 0 Å². The highest BCUT2D eigenvalue weighted by atomic mass is 32.1. The Balaban J connectivity index is 0.000000110. The second kappa shape index (κ2) is 34.8. The Labute approximate surface area is 836 Å². The summed E-state index contributed by atoms with van der Waals surface area (Å²) in [5, 5.41) is 27.7. The summed E-state index contributed by atoms with van der Waals surface area (Å²) in [5.74, 6) is 1.91. The Hall–Kier alpha value is -18.5. The molecule has 0 bridgehead atoms. The predicted molar refractivity (Wildman–Crippen MR) is 612 cm³/mol. The van der Waals surface area contributed by atoms with Crippen molar-refractivity contribution in [3.63, 3.8) is 0 Å². The lowest BCUT2D eigenvalue weighted by atomic mass is 9.84. The van der Waals surface area contributed by atoms with Crippen LogP contribution in [0, 0.1) is 0 Å². The van der Waals surface area contributed by atoms with Gasteiger partial charge in [-0.25, -0.2) is 15.0 Å². The number of hydrogen-bond acceptors (Lipinski definition) is 7. The number of benzene rings is 24. The van der Waals surface area contributed by atoms with E-state index in [0.717, 1.165) is 72.4 Å². The molecule has 0 saturated carbocycles. The molecule has 672 valence electrons. The van der Waals surface area contributed by atoms with Crippen LogP contribution in [0.4, 0.5) is 17.1 Å². The molecule has 0 aliphatic rings. The van der Waals surface area contributed by atoms with Crippen LogP contribution in [-0.2, 0) is 0 Å². The van der Waals surface area contributed by atoms with Gasteiger partial charge in [0.25, 0.3) is 0 Å². The van der Waals surface area contributed by atoms with E-state index in [0.29, 0.717) is 17.5 Å². The average molecular weight is 1870 g/mol. The van der Waals surface area contributed by atoms with Gasteiger partial charge in [-0.3, -0.25) is 0 Å². The molecule has 144 heavy (non-hydrogen) atoms. The average Bonchev–Trinajstić information content (AvgIpc) is 1.30. The largest absolute Gasteiger partial charge is 0.456 e. The van der Waals surface area contributed by atoms with Crippen molar-refractivity contribution in [2.45, 2.75) is 0 Å². The normalized spacial score (nSPS) is 11.8. The van der Waals surface area contributed by atoms with Crippen LogP contribution in [0.2, 0.25) is 0 Å². The summed E-state index contributed by atoms with van der Waals surface area (Å²) in [4.78, 5) is 17.4. The molecule has 6 heterocycles. The van der Waals surface area contributed by atoms with Crippen LogP contribution in [0.15, 0.2) is 514 Å². The first-order valence-electron chi connectivity index (χ1n) is 48.9. The smallest absolute Gasteiger partial charge is 0.164 e. The van der Waals surface area contributed by atoms with E-state index in [9.17, 15) is 0 Å². The van der Waals surface area contributed by atoms with Crippen molar-refractivity contribution in [2.24, 2.45) is 0 Å². The lowest BCUT2D eigenvalue weighted by Crippen LogP contribution is -2.09.